The van der Waals surface area contributed by atoms with Crippen LogP contribution in [0.25, 0.3) is 0 Å². The van der Waals surface area contributed by atoms with Gasteiger partial charge in [-0.05, 0) is 47.8 Å². The molecule has 0 aliphatic heterocycles. The van der Waals surface area contributed by atoms with Gasteiger partial charge in [-0.15, -0.1) is 0 Å². The Kier molecular flexibility index (Phi) is 5.06. The maximum atomic E-state index is 4.31. The highest BCUT2D eigenvalue weighted by molar-refractivity contribution is 9.10. The number of pyridine rings is 1. The van der Waals surface area contributed by atoms with Crippen molar-refractivity contribution < 1.29 is 0 Å². The first kappa shape index (κ1) is 13.0. The summed E-state index contributed by atoms with van der Waals surface area (Å²) in [6.45, 7) is 6.37. The molecule has 2 unspecified atom stereocenters. The number of nitrogens with zero attached hydrogens (tertiary/aromatic N) is 1. The number of anilines is 1. The molecule has 1 N–H and O–H groups in total. The zero-order valence-electron chi connectivity index (χ0n) is 9.22. The van der Waals surface area contributed by atoms with Crippen LogP contribution < -0.4 is 5.32 Å². The molecule has 0 aliphatic rings. The molecule has 0 aliphatic carbocycles. The predicted octanol–water partition coefficient (Wildman–Crippen LogP) is 4.13. The Morgan fingerprint density at radius 3 is 2.73 bits per heavy atom. The Labute approximate surface area is 108 Å². The van der Waals surface area contributed by atoms with Gasteiger partial charge >= 0.3 is 0 Å². The molecule has 4 heteroatoms. The smallest absolute Gasteiger partial charge is 0.140 e. The highest BCUT2D eigenvalue weighted by Gasteiger charge is 2.09. The second-order valence-corrected chi connectivity index (χ2v) is 6.21. The molecule has 1 heterocycles. The van der Waals surface area contributed by atoms with Gasteiger partial charge < -0.3 is 5.32 Å². The van der Waals surface area contributed by atoms with E-state index in [9.17, 15) is 0 Å². The summed E-state index contributed by atoms with van der Waals surface area (Å²) >= 11 is 7.09. The number of nitrogens with one attached hydrogen (secondary N) is 1. The molecule has 0 aromatic carbocycles. The SMILES string of the molecule is Cc1ccnc(NC(C)CC(C)Br)c1Br. The summed E-state index contributed by atoms with van der Waals surface area (Å²) in [6.07, 6.45) is 2.90. The zero-order valence-corrected chi connectivity index (χ0v) is 12.4. The maximum Gasteiger partial charge on any atom is 0.140 e. The molecule has 1 aromatic heterocycles. The molecule has 0 spiro atoms. The maximum absolute atomic E-state index is 4.31. The lowest BCUT2D eigenvalue weighted by atomic mass is 10.2. The number of aryl methyl sites for hydroxylation is 1. The summed E-state index contributed by atoms with van der Waals surface area (Å²) in [5.41, 5.74) is 1.20. The number of halogens is 2. The van der Waals surface area contributed by atoms with Crippen molar-refractivity contribution >= 4 is 37.7 Å². The van der Waals surface area contributed by atoms with E-state index in [-0.39, 0.29) is 0 Å². The molecule has 1 aromatic rings. The molecule has 1 rings (SSSR count). The summed E-state index contributed by atoms with van der Waals surface area (Å²) < 4.78 is 1.05. The number of hydrogen-bond acceptors (Lipinski definition) is 2. The second kappa shape index (κ2) is 5.85. The van der Waals surface area contributed by atoms with Crippen molar-refractivity contribution in [1.82, 2.24) is 4.98 Å². The molecule has 15 heavy (non-hydrogen) atoms. The van der Waals surface area contributed by atoms with Crippen molar-refractivity contribution in [2.75, 3.05) is 5.32 Å². The number of alkyl halides is 1. The van der Waals surface area contributed by atoms with Crippen LogP contribution >= 0.6 is 31.9 Å². The highest BCUT2D eigenvalue weighted by Crippen LogP contribution is 2.24. The minimum Gasteiger partial charge on any atom is -0.367 e. The highest BCUT2D eigenvalue weighted by atomic mass is 79.9. The van der Waals surface area contributed by atoms with E-state index in [1.807, 2.05) is 12.3 Å². The van der Waals surface area contributed by atoms with E-state index in [0.29, 0.717) is 10.9 Å². The Balaban J connectivity index is 2.68. The van der Waals surface area contributed by atoms with Crippen LogP contribution in [0, 0.1) is 6.92 Å². The Morgan fingerprint density at radius 1 is 1.47 bits per heavy atom. The van der Waals surface area contributed by atoms with Crippen LogP contribution in [0.2, 0.25) is 0 Å². The molecular weight excluding hydrogens is 320 g/mol. The van der Waals surface area contributed by atoms with E-state index in [1.54, 1.807) is 0 Å². The predicted molar refractivity (Wildman–Crippen MR) is 72.8 cm³/mol. The van der Waals surface area contributed by atoms with E-state index in [0.717, 1.165) is 16.7 Å². The van der Waals surface area contributed by atoms with Crippen LogP contribution in [0.5, 0.6) is 0 Å². The van der Waals surface area contributed by atoms with Crippen LogP contribution in [0.1, 0.15) is 25.8 Å². The summed E-state index contributed by atoms with van der Waals surface area (Å²) in [5, 5.41) is 3.39. The average Bonchev–Trinajstić information content (AvgIpc) is 2.11. The third-order valence-electron chi connectivity index (χ3n) is 2.14. The fourth-order valence-electron chi connectivity index (χ4n) is 1.42. The lowest BCUT2D eigenvalue weighted by Gasteiger charge is -2.17. The molecule has 0 amide bonds. The van der Waals surface area contributed by atoms with Gasteiger partial charge in [0.05, 0.1) is 4.47 Å². The first-order chi connectivity index (χ1) is 7.00. The van der Waals surface area contributed by atoms with Gasteiger partial charge in [-0.1, -0.05) is 22.9 Å². The molecule has 84 valence electrons. The van der Waals surface area contributed by atoms with Crippen LogP contribution in [-0.2, 0) is 0 Å². The van der Waals surface area contributed by atoms with Gasteiger partial charge in [0.2, 0.25) is 0 Å². The molecule has 0 fully saturated rings. The Hall–Kier alpha value is -0.0900. The van der Waals surface area contributed by atoms with Crippen LogP contribution in [-0.4, -0.2) is 15.9 Å². The van der Waals surface area contributed by atoms with Gasteiger partial charge in [0, 0.05) is 17.1 Å². The van der Waals surface area contributed by atoms with E-state index >= 15 is 0 Å². The fourth-order valence-corrected chi connectivity index (χ4v) is 2.33. The molecule has 2 atom stereocenters. The molecule has 0 saturated carbocycles. The van der Waals surface area contributed by atoms with Gasteiger partial charge in [0.1, 0.15) is 5.82 Å². The van der Waals surface area contributed by atoms with Crippen molar-refractivity contribution in [2.24, 2.45) is 0 Å². The van der Waals surface area contributed by atoms with Gasteiger partial charge in [-0.25, -0.2) is 4.98 Å². The molecular formula is C11H16Br2N2. The Bertz CT molecular complexity index is 326. The van der Waals surface area contributed by atoms with Crippen LogP contribution in [0.4, 0.5) is 5.82 Å². The van der Waals surface area contributed by atoms with Crippen molar-refractivity contribution in [2.45, 2.75) is 38.1 Å². The van der Waals surface area contributed by atoms with Crippen LogP contribution in [0.15, 0.2) is 16.7 Å². The van der Waals surface area contributed by atoms with E-state index in [4.69, 9.17) is 0 Å². The standard InChI is InChI=1S/C11H16Br2N2/c1-7-4-5-14-11(10(7)13)15-9(3)6-8(2)12/h4-5,8-9H,6H2,1-3H3,(H,14,15). The van der Waals surface area contributed by atoms with Gasteiger partial charge in [-0.3, -0.25) is 0 Å². The van der Waals surface area contributed by atoms with Crippen molar-refractivity contribution in [3.8, 4) is 0 Å². The van der Waals surface area contributed by atoms with Crippen molar-refractivity contribution in [3.05, 3.63) is 22.3 Å². The monoisotopic (exact) mass is 334 g/mol. The quantitative estimate of drug-likeness (QED) is 0.837. The molecule has 0 radical (unpaired) electrons. The topological polar surface area (TPSA) is 24.9 Å². The normalized spacial score (nSPS) is 14.7. The second-order valence-electron chi connectivity index (χ2n) is 3.85. The molecule has 0 bridgehead atoms. The summed E-state index contributed by atoms with van der Waals surface area (Å²) in [6, 6.07) is 2.40. The molecule has 2 nitrogen and oxygen atoms in total. The number of rotatable bonds is 4. The zero-order chi connectivity index (χ0) is 11.4. The van der Waals surface area contributed by atoms with E-state index < -0.39 is 0 Å². The number of hydrogen-bond donors (Lipinski definition) is 1. The lowest BCUT2D eigenvalue weighted by molar-refractivity contribution is 0.704. The summed E-state index contributed by atoms with van der Waals surface area (Å²) in [5.74, 6) is 0.927. The lowest BCUT2D eigenvalue weighted by Crippen LogP contribution is -2.19. The van der Waals surface area contributed by atoms with Gasteiger partial charge in [0.25, 0.3) is 0 Å². The third kappa shape index (κ3) is 4.11. The third-order valence-corrected chi connectivity index (χ3v) is 3.52. The average molecular weight is 336 g/mol. The summed E-state index contributed by atoms with van der Waals surface area (Å²) in [7, 11) is 0. The van der Waals surface area contributed by atoms with Crippen molar-refractivity contribution in [3.63, 3.8) is 0 Å². The largest absolute Gasteiger partial charge is 0.367 e. The van der Waals surface area contributed by atoms with E-state index in [1.165, 1.54) is 5.56 Å². The summed E-state index contributed by atoms with van der Waals surface area (Å²) in [4.78, 5) is 4.83. The van der Waals surface area contributed by atoms with Crippen molar-refractivity contribution in [1.29, 1.82) is 0 Å². The number of aromatic nitrogens is 1. The van der Waals surface area contributed by atoms with E-state index in [2.05, 4.69) is 62.9 Å². The minimum absolute atomic E-state index is 0.407. The Morgan fingerprint density at radius 2 is 2.13 bits per heavy atom. The first-order valence-corrected chi connectivity index (χ1v) is 6.73. The molecule has 0 saturated heterocycles. The van der Waals surface area contributed by atoms with Gasteiger partial charge in [0.15, 0.2) is 0 Å². The first-order valence-electron chi connectivity index (χ1n) is 5.02. The van der Waals surface area contributed by atoms with Crippen LogP contribution in [0.3, 0.4) is 0 Å². The fraction of sp³-hybridized carbons (Fsp3) is 0.545. The minimum atomic E-state index is 0.407. The van der Waals surface area contributed by atoms with Gasteiger partial charge in [-0.2, -0.15) is 0 Å².